The fraction of sp³-hybridized carbons (Fsp3) is 0.923. The van der Waals surface area contributed by atoms with Crippen LogP contribution in [0.15, 0.2) is 0 Å². The molecule has 3 fully saturated rings. The van der Waals surface area contributed by atoms with E-state index in [-0.39, 0.29) is 11.9 Å². The molecule has 3 heteroatoms. The van der Waals surface area contributed by atoms with Crippen LogP contribution in [-0.2, 0) is 4.79 Å². The summed E-state index contributed by atoms with van der Waals surface area (Å²) < 4.78 is 0. The molecule has 0 spiro atoms. The van der Waals surface area contributed by atoms with Crippen molar-refractivity contribution in [2.24, 2.45) is 11.8 Å². The second-order valence-electron chi connectivity index (χ2n) is 5.79. The summed E-state index contributed by atoms with van der Waals surface area (Å²) in [6.07, 6.45) is 8.88. The van der Waals surface area contributed by atoms with Crippen LogP contribution in [0.4, 0.5) is 0 Å². The molecule has 3 nitrogen and oxygen atoms in total. The first-order chi connectivity index (χ1) is 7.83. The molecule has 0 aromatic rings. The number of carbonyl (C=O) groups is 1. The molecule has 2 bridgehead atoms. The molecule has 0 radical (unpaired) electrons. The van der Waals surface area contributed by atoms with Crippen molar-refractivity contribution in [2.75, 3.05) is 6.54 Å². The lowest BCUT2D eigenvalue weighted by Crippen LogP contribution is -2.48. The Balaban J connectivity index is 1.58. The number of amides is 1. The van der Waals surface area contributed by atoms with Crippen LogP contribution in [0.2, 0.25) is 0 Å². The van der Waals surface area contributed by atoms with Gasteiger partial charge < -0.3 is 10.6 Å². The number of carbonyl (C=O) groups excluding carboxylic acids is 1. The van der Waals surface area contributed by atoms with Crippen LogP contribution >= 0.6 is 0 Å². The maximum absolute atomic E-state index is 11.8. The van der Waals surface area contributed by atoms with Gasteiger partial charge in [-0.15, -0.1) is 0 Å². The van der Waals surface area contributed by atoms with Crippen LogP contribution in [0.25, 0.3) is 0 Å². The van der Waals surface area contributed by atoms with Crippen LogP contribution in [-0.4, -0.2) is 24.5 Å². The average Bonchev–Trinajstić information content (AvgIpc) is 2.83. The molecule has 90 valence electrons. The van der Waals surface area contributed by atoms with Gasteiger partial charge in [-0.1, -0.05) is 6.42 Å². The lowest BCUT2D eigenvalue weighted by molar-refractivity contribution is -0.123. The Kier molecular flexibility index (Phi) is 2.88. The lowest BCUT2D eigenvalue weighted by atomic mass is 9.94. The fourth-order valence-corrected chi connectivity index (χ4v) is 3.81. The zero-order valence-electron chi connectivity index (χ0n) is 9.87. The molecule has 1 saturated heterocycles. The van der Waals surface area contributed by atoms with Crippen molar-refractivity contribution >= 4 is 5.91 Å². The summed E-state index contributed by atoms with van der Waals surface area (Å²) in [4.78, 5) is 11.8. The SMILES string of the molecule is O=C1NCCCC[C@@H]1N[C@@H]1C[C@H]2CC[C@H]1C2. The molecule has 1 heterocycles. The van der Waals surface area contributed by atoms with E-state index in [1.807, 2.05) is 0 Å². The van der Waals surface area contributed by atoms with E-state index < -0.39 is 0 Å². The Labute approximate surface area is 97.4 Å². The highest BCUT2D eigenvalue weighted by Crippen LogP contribution is 2.44. The summed E-state index contributed by atoms with van der Waals surface area (Å²) in [6.45, 7) is 0.869. The van der Waals surface area contributed by atoms with Gasteiger partial charge in [0.25, 0.3) is 0 Å². The Morgan fingerprint density at radius 3 is 2.81 bits per heavy atom. The second-order valence-corrected chi connectivity index (χ2v) is 5.79. The van der Waals surface area contributed by atoms with Crippen LogP contribution < -0.4 is 10.6 Å². The molecule has 2 saturated carbocycles. The molecule has 2 N–H and O–H groups in total. The standard InChI is InChI=1S/C13H22N2O/c16-13-11(3-1-2-6-14-13)15-12-8-9-4-5-10(12)7-9/h9-12,15H,1-8H2,(H,14,16)/t9-,10-,11-,12+/m0/s1. The molecular weight excluding hydrogens is 200 g/mol. The van der Waals surface area contributed by atoms with Crippen molar-refractivity contribution in [1.29, 1.82) is 0 Å². The molecule has 2 aliphatic carbocycles. The number of hydrogen-bond donors (Lipinski definition) is 2. The van der Waals surface area contributed by atoms with Gasteiger partial charge in [0.1, 0.15) is 0 Å². The quantitative estimate of drug-likeness (QED) is 0.742. The van der Waals surface area contributed by atoms with Crippen LogP contribution in [0.3, 0.4) is 0 Å². The van der Waals surface area contributed by atoms with Crippen molar-refractivity contribution in [1.82, 2.24) is 10.6 Å². The highest BCUT2D eigenvalue weighted by Gasteiger charge is 2.40. The summed E-state index contributed by atoms with van der Waals surface area (Å²) >= 11 is 0. The van der Waals surface area contributed by atoms with Gasteiger partial charge in [-0.2, -0.15) is 0 Å². The number of nitrogens with one attached hydrogen (secondary N) is 2. The summed E-state index contributed by atoms with van der Waals surface area (Å²) in [5.41, 5.74) is 0. The first-order valence-corrected chi connectivity index (χ1v) is 6.86. The van der Waals surface area contributed by atoms with Gasteiger partial charge in [0, 0.05) is 12.6 Å². The molecule has 0 aromatic carbocycles. The molecule has 0 aromatic heterocycles. The predicted molar refractivity (Wildman–Crippen MR) is 63.0 cm³/mol. The van der Waals surface area contributed by atoms with Crippen molar-refractivity contribution in [3.05, 3.63) is 0 Å². The normalized spacial score (nSPS) is 43.1. The minimum absolute atomic E-state index is 0.0897. The monoisotopic (exact) mass is 222 g/mol. The van der Waals surface area contributed by atoms with E-state index >= 15 is 0 Å². The molecule has 4 atom stereocenters. The van der Waals surface area contributed by atoms with Gasteiger partial charge in [-0.25, -0.2) is 0 Å². The minimum atomic E-state index is 0.0897. The third-order valence-corrected chi connectivity index (χ3v) is 4.69. The van der Waals surface area contributed by atoms with Gasteiger partial charge in [-0.05, 0) is 50.4 Å². The summed E-state index contributed by atoms with van der Waals surface area (Å²) in [6, 6.07) is 0.722. The summed E-state index contributed by atoms with van der Waals surface area (Å²) in [5.74, 6) is 2.05. The van der Waals surface area contributed by atoms with Gasteiger partial charge in [-0.3, -0.25) is 4.79 Å². The van der Waals surface area contributed by atoms with E-state index in [1.165, 1.54) is 32.1 Å². The Morgan fingerprint density at radius 1 is 1.12 bits per heavy atom. The second kappa shape index (κ2) is 4.36. The zero-order chi connectivity index (χ0) is 11.0. The smallest absolute Gasteiger partial charge is 0.237 e. The van der Waals surface area contributed by atoms with Crippen molar-refractivity contribution in [2.45, 2.75) is 57.0 Å². The average molecular weight is 222 g/mol. The van der Waals surface area contributed by atoms with Gasteiger partial charge in [0.15, 0.2) is 0 Å². The summed E-state index contributed by atoms with van der Waals surface area (Å²) in [5, 5.41) is 6.64. The first-order valence-electron chi connectivity index (χ1n) is 6.86. The van der Waals surface area contributed by atoms with Crippen LogP contribution in [0, 0.1) is 11.8 Å². The molecule has 16 heavy (non-hydrogen) atoms. The third kappa shape index (κ3) is 1.97. The van der Waals surface area contributed by atoms with Crippen LogP contribution in [0.1, 0.15) is 44.9 Å². The molecule has 1 aliphatic heterocycles. The van der Waals surface area contributed by atoms with E-state index in [0.717, 1.165) is 31.2 Å². The third-order valence-electron chi connectivity index (χ3n) is 4.69. The maximum Gasteiger partial charge on any atom is 0.237 e. The van der Waals surface area contributed by atoms with E-state index in [9.17, 15) is 4.79 Å². The molecular formula is C13H22N2O. The number of rotatable bonds is 2. The number of fused-ring (bicyclic) bond motifs is 2. The largest absolute Gasteiger partial charge is 0.355 e. The van der Waals surface area contributed by atoms with E-state index in [4.69, 9.17) is 0 Å². The maximum atomic E-state index is 11.8. The van der Waals surface area contributed by atoms with Gasteiger partial charge >= 0.3 is 0 Å². The first kappa shape index (κ1) is 10.6. The molecule has 0 unspecified atom stereocenters. The van der Waals surface area contributed by atoms with Crippen molar-refractivity contribution in [3.8, 4) is 0 Å². The van der Waals surface area contributed by atoms with Crippen molar-refractivity contribution < 1.29 is 4.79 Å². The van der Waals surface area contributed by atoms with Gasteiger partial charge in [0.2, 0.25) is 5.91 Å². The predicted octanol–water partition coefficient (Wildman–Crippen LogP) is 1.43. The van der Waals surface area contributed by atoms with Crippen LogP contribution in [0.5, 0.6) is 0 Å². The summed E-state index contributed by atoms with van der Waals surface area (Å²) in [7, 11) is 0. The Morgan fingerprint density at radius 2 is 2.06 bits per heavy atom. The molecule has 1 amide bonds. The fourth-order valence-electron chi connectivity index (χ4n) is 3.81. The Hall–Kier alpha value is -0.570. The zero-order valence-corrected chi connectivity index (χ0v) is 9.87. The number of hydrogen-bond acceptors (Lipinski definition) is 2. The minimum Gasteiger partial charge on any atom is -0.355 e. The topological polar surface area (TPSA) is 41.1 Å². The lowest BCUT2D eigenvalue weighted by Gasteiger charge is -2.27. The Bertz CT molecular complexity index is 279. The van der Waals surface area contributed by atoms with E-state index in [0.29, 0.717) is 6.04 Å². The highest BCUT2D eigenvalue weighted by molar-refractivity contribution is 5.81. The van der Waals surface area contributed by atoms with E-state index in [1.54, 1.807) is 0 Å². The molecule has 3 aliphatic rings. The van der Waals surface area contributed by atoms with Gasteiger partial charge in [0.05, 0.1) is 6.04 Å². The van der Waals surface area contributed by atoms with E-state index in [2.05, 4.69) is 10.6 Å². The van der Waals surface area contributed by atoms with Crippen molar-refractivity contribution in [3.63, 3.8) is 0 Å². The highest BCUT2D eigenvalue weighted by atomic mass is 16.2. The molecule has 3 rings (SSSR count).